The Morgan fingerprint density at radius 2 is 1.00 bits per heavy atom. The van der Waals surface area contributed by atoms with Crippen molar-refractivity contribution in [1.29, 1.82) is 0 Å². The van der Waals surface area contributed by atoms with Crippen molar-refractivity contribution in [2.75, 3.05) is 6.61 Å². The van der Waals surface area contributed by atoms with Crippen molar-refractivity contribution in [3.8, 4) is 11.5 Å². The van der Waals surface area contributed by atoms with Crippen molar-refractivity contribution in [1.82, 2.24) is 0 Å². The summed E-state index contributed by atoms with van der Waals surface area (Å²) >= 11 is 0. The van der Waals surface area contributed by atoms with Crippen LogP contribution in [-0.4, -0.2) is 18.7 Å². The number of rotatable bonds is 32. The molecule has 0 bridgehead atoms. The summed E-state index contributed by atoms with van der Waals surface area (Å²) in [4.78, 5) is 13.1. The number of hydrogen-bond acceptors (Lipinski definition) is 4. The summed E-state index contributed by atoms with van der Waals surface area (Å²) in [5.41, 5.74) is 1.61. The second-order valence-corrected chi connectivity index (χ2v) is 14.4. The van der Waals surface area contributed by atoms with Crippen LogP contribution >= 0.6 is 0 Å². The molecule has 0 N–H and O–H groups in total. The van der Waals surface area contributed by atoms with Gasteiger partial charge >= 0.3 is 5.97 Å². The van der Waals surface area contributed by atoms with Crippen LogP contribution in [-0.2, 0) is 4.74 Å². The number of carbonyl (C=O) groups excluding carboxylic acids is 1. The predicted octanol–water partition coefficient (Wildman–Crippen LogP) is 14.5. The average molecular weight is 679 g/mol. The largest absolute Gasteiger partial charge is 0.487 e. The van der Waals surface area contributed by atoms with E-state index in [1.54, 1.807) is 0 Å². The molecule has 0 aliphatic heterocycles. The fourth-order valence-corrected chi connectivity index (χ4v) is 6.60. The first kappa shape index (κ1) is 42.8. The van der Waals surface area contributed by atoms with Gasteiger partial charge in [0, 0.05) is 6.61 Å². The lowest BCUT2D eigenvalue weighted by molar-refractivity contribution is 0.0625. The van der Waals surface area contributed by atoms with E-state index in [0.717, 1.165) is 37.9 Å². The minimum absolute atomic E-state index is 0.00215. The van der Waals surface area contributed by atoms with Crippen molar-refractivity contribution >= 4 is 5.97 Å². The third kappa shape index (κ3) is 20.8. The summed E-state index contributed by atoms with van der Waals surface area (Å²) < 4.78 is 18.4. The zero-order chi connectivity index (χ0) is 35.2. The van der Waals surface area contributed by atoms with E-state index in [1.807, 2.05) is 48.5 Å². The van der Waals surface area contributed by atoms with Crippen molar-refractivity contribution in [2.24, 2.45) is 0 Å². The summed E-state index contributed by atoms with van der Waals surface area (Å²) in [7, 11) is 0. The lowest BCUT2D eigenvalue weighted by Crippen LogP contribution is -2.17. The molecule has 2 aromatic carbocycles. The molecule has 0 saturated carbocycles. The molecule has 278 valence electrons. The van der Waals surface area contributed by atoms with Gasteiger partial charge in [0.05, 0.1) is 17.8 Å². The minimum Gasteiger partial charge on any atom is -0.487 e. The summed E-state index contributed by atoms with van der Waals surface area (Å²) in [6.45, 7) is 9.60. The first-order valence-corrected chi connectivity index (χ1v) is 20.8. The Kier molecular flexibility index (Phi) is 25.7. The van der Waals surface area contributed by atoms with Gasteiger partial charge in [-0.15, -0.1) is 0 Å². The Morgan fingerprint density at radius 1 is 0.531 bits per heavy atom. The fourth-order valence-electron chi connectivity index (χ4n) is 6.60. The molecule has 0 heterocycles. The number of esters is 1. The molecule has 2 unspecified atom stereocenters. The average Bonchev–Trinajstić information content (AvgIpc) is 3.11. The minimum atomic E-state index is -0.368. The van der Waals surface area contributed by atoms with Crippen LogP contribution in [0.1, 0.15) is 210 Å². The maximum absolute atomic E-state index is 13.1. The van der Waals surface area contributed by atoms with Gasteiger partial charge in [-0.1, -0.05) is 180 Å². The van der Waals surface area contributed by atoms with Crippen molar-refractivity contribution < 1.29 is 19.0 Å². The third-order valence-electron chi connectivity index (χ3n) is 9.82. The number of benzene rings is 2. The molecule has 4 nitrogen and oxygen atoms in total. The van der Waals surface area contributed by atoms with E-state index in [9.17, 15) is 4.79 Å². The van der Waals surface area contributed by atoms with Crippen LogP contribution in [0.25, 0.3) is 0 Å². The molecular formula is C45H74O4. The van der Waals surface area contributed by atoms with E-state index in [0.29, 0.717) is 17.1 Å². The molecule has 2 atom stereocenters. The Hall–Kier alpha value is -2.33. The predicted molar refractivity (Wildman–Crippen MR) is 209 cm³/mol. The van der Waals surface area contributed by atoms with E-state index < -0.39 is 0 Å². The summed E-state index contributed by atoms with van der Waals surface area (Å²) in [5.74, 6) is 0.761. The first-order chi connectivity index (χ1) is 24.1. The Bertz CT molecular complexity index is 1050. The quantitative estimate of drug-likeness (QED) is 0.0439. The molecule has 0 radical (unpaired) electrons. The van der Waals surface area contributed by atoms with Crippen molar-refractivity contribution in [3.05, 3.63) is 59.7 Å². The topological polar surface area (TPSA) is 44.8 Å². The molecule has 0 aliphatic carbocycles. The Balaban J connectivity index is 1.62. The van der Waals surface area contributed by atoms with E-state index >= 15 is 0 Å². The number of hydrogen-bond donors (Lipinski definition) is 0. The molecule has 0 spiro atoms. The lowest BCUT2D eigenvalue weighted by atomic mass is 10.0. The van der Waals surface area contributed by atoms with Gasteiger partial charge in [0.1, 0.15) is 0 Å². The normalized spacial score (nSPS) is 12.6. The molecule has 0 amide bonds. The number of carbonyl (C=O) groups is 1. The van der Waals surface area contributed by atoms with E-state index in [2.05, 4.69) is 27.7 Å². The van der Waals surface area contributed by atoms with Gasteiger partial charge < -0.3 is 14.2 Å². The zero-order valence-corrected chi connectivity index (χ0v) is 32.3. The molecule has 0 fully saturated rings. The standard InChI is InChI=1S/C45H74O4/c1-5-8-10-12-14-15-16-17-18-19-20-21-22-23-25-29-38-47-39(4)40-34-36-41(37-35-40)45(46)49-44-33-28-27-32-43(44)48-42(30-7-3)31-26-24-13-11-9-6-2/h27-28,32-37,39,42H,5-26,29-31,38H2,1-4H3. The first-order valence-electron chi connectivity index (χ1n) is 20.8. The second-order valence-electron chi connectivity index (χ2n) is 14.4. The highest BCUT2D eigenvalue weighted by Gasteiger charge is 2.17. The molecular weight excluding hydrogens is 604 g/mol. The molecule has 0 saturated heterocycles. The molecule has 2 aromatic rings. The summed E-state index contributed by atoms with van der Waals surface area (Å²) in [5, 5.41) is 0. The maximum Gasteiger partial charge on any atom is 0.343 e. The van der Waals surface area contributed by atoms with Crippen LogP contribution in [0.3, 0.4) is 0 Å². The van der Waals surface area contributed by atoms with Crippen molar-refractivity contribution in [3.63, 3.8) is 0 Å². The third-order valence-corrected chi connectivity index (χ3v) is 9.82. The number of ether oxygens (including phenoxy) is 3. The lowest BCUT2D eigenvalue weighted by Gasteiger charge is -2.20. The van der Waals surface area contributed by atoms with Crippen LogP contribution in [0.2, 0.25) is 0 Å². The monoisotopic (exact) mass is 679 g/mol. The summed E-state index contributed by atoms with van der Waals surface area (Å²) in [6, 6.07) is 15.2. The van der Waals surface area contributed by atoms with E-state index in [1.165, 1.54) is 135 Å². The van der Waals surface area contributed by atoms with E-state index in [4.69, 9.17) is 14.2 Å². The van der Waals surface area contributed by atoms with Gasteiger partial charge in [-0.3, -0.25) is 0 Å². The van der Waals surface area contributed by atoms with Crippen LogP contribution in [0.5, 0.6) is 11.5 Å². The van der Waals surface area contributed by atoms with Crippen LogP contribution < -0.4 is 9.47 Å². The molecule has 4 heteroatoms. The molecule has 2 rings (SSSR count). The number of para-hydroxylation sites is 2. The van der Waals surface area contributed by atoms with Gasteiger partial charge in [-0.2, -0.15) is 0 Å². The SMILES string of the molecule is CCCCCCCCCCCCCCCCCCOC(C)c1ccc(C(=O)Oc2ccccc2OC(CCC)CCCCCCCC)cc1. The Labute approximate surface area is 302 Å². The van der Waals surface area contributed by atoms with Gasteiger partial charge in [0.25, 0.3) is 0 Å². The van der Waals surface area contributed by atoms with Crippen LogP contribution in [0.15, 0.2) is 48.5 Å². The maximum atomic E-state index is 13.1. The molecule has 0 aliphatic rings. The van der Waals surface area contributed by atoms with Gasteiger partial charge in [-0.25, -0.2) is 4.79 Å². The van der Waals surface area contributed by atoms with Gasteiger partial charge in [0.2, 0.25) is 0 Å². The second kappa shape index (κ2) is 29.4. The Morgan fingerprint density at radius 3 is 1.51 bits per heavy atom. The van der Waals surface area contributed by atoms with E-state index in [-0.39, 0.29) is 18.2 Å². The highest BCUT2D eigenvalue weighted by molar-refractivity contribution is 5.91. The van der Waals surface area contributed by atoms with Crippen LogP contribution in [0.4, 0.5) is 0 Å². The zero-order valence-electron chi connectivity index (χ0n) is 32.3. The van der Waals surface area contributed by atoms with Crippen molar-refractivity contribution in [2.45, 2.75) is 200 Å². The van der Waals surface area contributed by atoms with Gasteiger partial charge in [-0.05, 0) is 62.4 Å². The summed E-state index contributed by atoms with van der Waals surface area (Å²) in [6.07, 6.45) is 32.8. The number of unbranched alkanes of at least 4 members (excludes halogenated alkanes) is 20. The highest BCUT2D eigenvalue weighted by atomic mass is 16.6. The molecule has 49 heavy (non-hydrogen) atoms. The smallest absolute Gasteiger partial charge is 0.343 e. The van der Waals surface area contributed by atoms with Gasteiger partial charge in [0.15, 0.2) is 11.5 Å². The highest BCUT2D eigenvalue weighted by Crippen LogP contribution is 2.30. The molecule has 0 aromatic heterocycles. The fraction of sp³-hybridized carbons (Fsp3) is 0.711. The van der Waals surface area contributed by atoms with Crippen LogP contribution in [0, 0.1) is 0 Å².